The van der Waals surface area contributed by atoms with E-state index in [1.807, 2.05) is 63.2 Å². The van der Waals surface area contributed by atoms with Crippen molar-refractivity contribution in [3.63, 3.8) is 0 Å². The van der Waals surface area contributed by atoms with Gasteiger partial charge in [0.1, 0.15) is 12.6 Å². The summed E-state index contributed by atoms with van der Waals surface area (Å²) in [6.07, 6.45) is 3.07. The van der Waals surface area contributed by atoms with Crippen molar-refractivity contribution in [3.05, 3.63) is 100 Å². The Morgan fingerprint density at radius 2 is 1.57 bits per heavy atom. The van der Waals surface area contributed by atoms with E-state index in [0.717, 1.165) is 45.7 Å². The molecule has 9 heteroatoms. The number of nitrogens with zero attached hydrogens (tertiary/aromatic N) is 2. The smallest absolute Gasteiger partial charge is 0.244 e. The molecule has 0 aromatic heterocycles. The second-order valence-corrected chi connectivity index (χ2v) is 12.5. The van der Waals surface area contributed by atoms with Gasteiger partial charge in [-0.1, -0.05) is 73.5 Å². The highest BCUT2D eigenvalue weighted by Crippen LogP contribution is 2.23. The van der Waals surface area contributed by atoms with E-state index in [0.29, 0.717) is 17.3 Å². The third kappa shape index (κ3) is 9.10. The minimum atomic E-state index is -3.82. The number of hydrogen-bond acceptors (Lipinski definition) is 4. The molecule has 0 spiro atoms. The molecule has 0 saturated carbocycles. The lowest BCUT2D eigenvalue weighted by atomic mass is 10.0. The molecule has 0 bridgehead atoms. The van der Waals surface area contributed by atoms with Gasteiger partial charge in [0, 0.05) is 24.5 Å². The van der Waals surface area contributed by atoms with Crippen LogP contribution in [0.25, 0.3) is 0 Å². The fraction of sp³-hybridized carbons (Fsp3) is 0.355. The Labute approximate surface area is 243 Å². The molecular formula is C31H38ClN3O4S. The van der Waals surface area contributed by atoms with Crippen LogP contribution in [0, 0.1) is 13.8 Å². The van der Waals surface area contributed by atoms with Crippen LogP contribution in [-0.2, 0) is 32.6 Å². The predicted octanol–water partition coefficient (Wildman–Crippen LogP) is 5.28. The highest BCUT2D eigenvalue weighted by Gasteiger charge is 2.33. The number of hydrogen-bond donors (Lipinski definition) is 1. The van der Waals surface area contributed by atoms with E-state index in [4.69, 9.17) is 11.6 Å². The van der Waals surface area contributed by atoms with Gasteiger partial charge in [0.15, 0.2) is 0 Å². The Bertz CT molecular complexity index is 1390. The van der Waals surface area contributed by atoms with Gasteiger partial charge in [-0.3, -0.25) is 13.9 Å². The minimum absolute atomic E-state index is 0.0859. The second-order valence-electron chi connectivity index (χ2n) is 10.1. The largest absolute Gasteiger partial charge is 0.354 e. The van der Waals surface area contributed by atoms with Crippen LogP contribution in [0.15, 0.2) is 72.8 Å². The zero-order valence-electron chi connectivity index (χ0n) is 23.6. The van der Waals surface area contributed by atoms with Crippen LogP contribution in [0.1, 0.15) is 42.0 Å². The molecule has 3 aromatic rings. The second kappa shape index (κ2) is 14.3. The number of benzene rings is 3. The van der Waals surface area contributed by atoms with E-state index in [9.17, 15) is 18.0 Å². The molecule has 1 atom stereocenters. The van der Waals surface area contributed by atoms with Crippen LogP contribution < -0.4 is 9.62 Å². The number of carbonyl (C=O) groups excluding carboxylic acids is 2. The Morgan fingerprint density at radius 3 is 2.17 bits per heavy atom. The molecular weight excluding hydrogens is 546 g/mol. The molecule has 0 fully saturated rings. The van der Waals surface area contributed by atoms with Crippen LogP contribution in [0.4, 0.5) is 5.69 Å². The Hall–Kier alpha value is -3.36. The summed E-state index contributed by atoms with van der Waals surface area (Å²) in [5, 5.41) is 3.48. The summed E-state index contributed by atoms with van der Waals surface area (Å²) in [4.78, 5) is 29.2. The summed E-state index contributed by atoms with van der Waals surface area (Å²) < 4.78 is 27.0. The number of amides is 2. The van der Waals surface area contributed by atoms with E-state index < -0.39 is 28.5 Å². The summed E-state index contributed by atoms with van der Waals surface area (Å²) in [7, 11) is -3.82. The third-order valence-electron chi connectivity index (χ3n) is 6.52. The fourth-order valence-electron chi connectivity index (χ4n) is 4.60. The number of halogens is 1. The van der Waals surface area contributed by atoms with Crippen molar-refractivity contribution in [2.75, 3.05) is 23.7 Å². The zero-order valence-corrected chi connectivity index (χ0v) is 25.1. The molecule has 0 aliphatic rings. The van der Waals surface area contributed by atoms with Gasteiger partial charge in [-0.25, -0.2) is 8.42 Å². The topological polar surface area (TPSA) is 86.8 Å². The van der Waals surface area contributed by atoms with Crippen LogP contribution in [0.3, 0.4) is 0 Å². The lowest BCUT2D eigenvalue weighted by Gasteiger charge is -2.33. The number of sulfonamides is 1. The molecule has 0 unspecified atom stereocenters. The Balaban J connectivity index is 2.05. The molecule has 0 aliphatic carbocycles. The predicted molar refractivity (Wildman–Crippen MR) is 162 cm³/mol. The summed E-state index contributed by atoms with van der Waals surface area (Å²) >= 11 is 6.25. The summed E-state index contributed by atoms with van der Waals surface area (Å²) in [6, 6.07) is 21.1. The minimum Gasteiger partial charge on any atom is -0.354 e. The molecule has 0 heterocycles. The van der Waals surface area contributed by atoms with Gasteiger partial charge in [-0.05, 0) is 66.8 Å². The van der Waals surface area contributed by atoms with E-state index in [1.54, 1.807) is 30.3 Å². The van der Waals surface area contributed by atoms with Gasteiger partial charge in [0.05, 0.1) is 11.9 Å². The van der Waals surface area contributed by atoms with E-state index in [2.05, 4.69) is 5.32 Å². The van der Waals surface area contributed by atoms with Gasteiger partial charge >= 0.3 is 0 Å². The highest BCUT2D eigenvalue weighted by atomic mass is 35.5. The van der Waals surface area contributed by atoms with Crippen molar-refractivity contribution < 1.29 is 18.0 Å². The molecule has 40 heavy (non-hydrogen) atoms. The maximum absolute atomic E-state index is 14.1. The van der Waals surface area contributed by atoms with Gasteiger partial charge in [0.25, 0.3) is 0 Å². The molecule has 0 aliphatic heterocycles. The number of anilines is 1. The maximum Gasteiger partial charge on any atom is 0.244 e. The van der Waals surface area contributed by atoms with Crippen molar-refractivity contribution in [2.45, 2.75) is 52.6 Å². The quantitative estimate of drug-likeness (QED) is 0.277. The molecule has 3 rings (SSSR count). The van der Waals surface area contributed by atoms with Crippen molar-refractivity contribution in [1.29, 1.82) is 0 Å². The Morgan fingerprint density at radius 1 is 0.925 bits per heavy atom. The molecule has 2 amide bonds. The molecule has 0 saturated heterocycles. The van der Waals surface area contributed by atoms with Crippen molar-refractivity contribution in [2.24, 2.45) is 0 Å². The first-order valence-corrected chi connectivity index (χ1v) is 15.6. The summed E-state index contributed by atoms with van der Waals surface area (Å²) in [5.74, 6) is -0.777. The fourth-order valence-corrected chi connectivity index (χ4v) is 5.65. The monoisotopic (exact) mass is 583 g/mol. The lowest BCUT2D eigenvalue weighted by molar-refractivity contribution is -0.140. The van der Waals surface area contributed by atoms with Crippen LogP contribution in [0.5, 0.6) is 0 Å². The summed E-state index contributed by atoms with van der Waals surface area (Å²) in [6.45, 7) is 5.91. The van der Waals surface area contributed by atoms with E-state index in [1.165, 1.54) is 4.90 Å². The van der Waals surface area contributed by atoms with Crippen molar-refractivity contribution in [3.8, 4) is 0 Å². The van der Waals surface area contributed by atoms with Crippen molar-refractivity contribution in [1.82, 2.24) is 10.2 Å². The first kappa shape index (κ1) is 31.2. The number of carbonyl (C=O) groups is 2. The van der Waals surface area contributed by atoms with Gasteiger partial charge in [0.2, 0.25) is 21.8 Å². The number of nitrogens with one attached hydrogen (secondary N) is 1. The normalized spacial score (nSPS) is 12.0. The SMILES string of the molecule is CCCCNC(=O)[C@H](Cc1ccccc1)N(Cc1cccc(Cl)c1)C(=O)CN(c1cc(C)cc(C)c1)S(C)(=O)=O. The maximum atomic E-state index is 14.1. The zero-order chi connectivity index (χ0) is 29.3. The first-order valence-electron chi connectivity index (χ1n) is 13.4. The Kier molecular flexibility index (Phi) is 11.2. The van der Waals surface area contributed by atoms with Crippen LogP contribution in [-0.4, -0.2) is 50.5 Å². The number of aryl methyl sites for hydroxylation is 2. The average Bonchev–Trinajstić information content (AvgIpc) is 2.88. The number of rotatable bonds is 13. The first-order chi connectivity index (χ1) is 19.0. The van der Waals surface area contributed by atoms with E-state index in [-0.39, 0.29) is 18.9 Å². The molecule has 1 N–H and O–H groups in total. The van der Waals surface area contributed by atoms with Crippen molar-refractivity contribution >= 4 is 39.1 Å². The lowest BCUT2D eigenvalue weighted by Crippen LogP contribution is -2.53. The standard InChI is InChI=1S/C31H38ClN3O4S/c1-5-6-15-33-31(37)29(20-25-11-8-7-9-12-25)34(21-26-13-10-14-27(32)19-26)30(36)22-35(40(4,38)39)28-17-23(2)16-24(3)18-28/h7-14,16-19,29H,5-6,15,20-22H2,1-4H3,(H,33,37)/t29-/m0/s1. The molecule has 0 radical (unpaired) electrons. The van der Waals surface area contributed by atoms with Crippen LogP contribution in [0.2, 0.25) is 5.02 Å². The summed E-state index contributed by atoms with van der Waals surface area (Å²) in [5.41, 5.74) is 3.78. The van der Waals surface area contributed by atoms with E-state index >= 15 is 0 Å². The average molecular weight is 584 g/mol. The molecule has 7 nitrogen and oxygen atoms in total. The number of unbranched alkanes of at least 4 members (excludes halogenated alkanes) is 1. The van der Waals surface area contributed by atoms with Gasteiger partial charge < -0.3 is 10.2 Å². The molecule has 3 aromatic carbocycles. The molecule has 214 valence electrons. The van der Waals surface area contributed by atoms with Crippen LogP contribution >= 0.6 is 11.6 Å². The highest BCUT2D eigenvalue weighted by molar-refractivity contribution is 7.92. The third-order valence-corrected chi connectivity index (χ3v) is 7.89. The van der Waals surface area contributed by atoms with Gasteiger partial charge in [-0.15, -0.1) is 0 Å². The van der Waals surface area contributed by atoms with Gasteiger partial charge in [-0.2, -0.15) is 0 Å².